The molecule has 2 atom stereocenters. The molecule has 3 aromatic rings. The fourth-order valence-electron chi connectivity index (χ4n) is 5.26. The zero-order chi connectivity index (χ0) is 24.5. The van der Waals surface area contributed by atoms with Crippen LogP contribution in [0, 0.1) is 5.82 Å². The van der Waals surface area contributed by atoms with Crippen LogP contribution < -0.4 is 5.32 Å². The van der Waals surface area contributed by atoms with E-state index in [9.17, 15) is 14.0 Å². The summed E-state index contributed by atoms with van der Waals surface area (Å²) in [5.74, 6) is -1.14. The first-order valence-electron chi connectivity index (χ1n) is 11.8. The van der Waals surface area contributed by atoms with Gasteiger partial charge in [-0.3, -0.25) is 9.59 Å². The highest BCUT2D eigenvalue weighted by Gasteiger charge is 2.44. The average molecular weight is 470 g/mol. The number of allylic oxidation sites excluding steroid dienone is 3. The van der Waals surface area contributed by atoms with Gasteiger partial charge in [0.2, 0.25) is 5.91 Å². The van der Waals surface area contributed by atoms with Crippen molar-refractivity contribution >= 4 is 17.9 Å². The highest BCUT2D eigenvalue weighted by atomic mass is 19.1. The average Bonchev–Trinajstić information content (AvgIpc) is 3.13. The Morgan fingerprint density at radius 1 is 1.06 bits per heavy atom. The standard InChI is InChI=1S/C29H28FN3O2/c1-32-18-24(21-9-5-3-4-6-12-25(21)32)27-26(22-10-7-8-11-23(22)29(35)33(27)2)28(34)31-17-19-13-15-20(30)16-14-19/h3-4,6-8,10-16,18,26-27H,5,9,17H2,1-2H3,(H,31,34)/b4-3-,12-6-. The SMILES string of the molecule is CN1C(=O)c2ccccc2C(C(=O)NCc2ccc(F)cc2)C1c1cn(C)c2c1CC/C=C\C=C/2. The van der Waals surface area contributed by atoms with Gasteiger partial charge in [-0.05, 0) is 59.4 Å². The highest BCUT2D eigenvalue weighted by molar-refractivity contribution is 6.01. The number of aryl methyl sites for hydroxylation is 1. The molecule has 2 aliphatic rings. The Morgan fingerprint density at radius 2 is 1.83 bits per heavy atom. The number of nitrogens with zero attached hydrogens (tertiary/aromatic N) is 2. The molecule has 2 unspecified atom stereocenters. The molecular weight excluding hydrogens is 441 g/mol. The Morgan fingerprint density at radius 3 is 2.63 bits per heavy atom. The molecule has 1 aromatic heterocycles. The quantitative estimate of drug-likeness (QED) is 0.591. The second kappa shape index (κ2) is 9.37. The lowest BCUT2D eigenvalue weighted by Crippen LogP contribution is -2.45. The first kappa shape index (κ1) is 22.8. The molecule has 2 heterocycles. The second-order valence-corrected chi connectivity index (χ2v) is 9.16. The summed E-state index contributed by atoms with van der Waals surface area (Å²) in [6.07, 6.45) is 12.1. The maximum absolute atomic E-state index is 13.8. The number of halogens is 1. The molecule has 0 saturated carbocycles. The number of fused-ring (bicyclic) bond motifs is 2. The Bertz CT molecular complexity index is 1340. The summed E-state index contributed by atoms with van der Waals surface area (Å²) in [7, 11) is 3.78. The molecule has 0 bridgehead atoms. The summed E-state index contributed by atoms with van der Waals surface area (Å²) in [6, 6.07) is 13.0. The van der Waals surface area contributed by atoms with E-state index in [-0.39, 0.29) is 24.2 Å². The van der Waals surface area contributed by atoms with Crippen molar-refractivity contribution in [3.8, 4) is 0 Å². The molecule has 5 nitrogen and oxygen atoms in total. The van der Waals surface area contributed by atoms with Crippen LogP contribution in [-0.2, 0) is 24.8 Å². The Hall–Kier alpha value is -3.93. The number of nitrogens with one attached hydrogen (secondary N) is 1. The lowest BCUT2D eigenvalue weighted by molar-refractivity contribution is -0.124. The van der Waals surface area contributed by atoms with E-state index in [1.165, 1.54) is 12.1 Å². The fraction of sp³-hybridized carbons (Fsp3) is 0.241. The van der Waals surface area contributed by atoms with Crippen LogP contribution in [0.25, 0.3) is 6.08 Å². The predicted octanol–water partition coefficient (Wildman–Crippen LogP) is 4.91. The van der Waals surface area contributed by atoms with Crippen molar-refractivity contribution < 1.29 is 14.0 Å². The van der Waals surface area contributed by atoms with Gasteiger partial charge in [0.15, 0.2) is 0 Å². The van der Waals surface area contributed by atoms with Crippen LogP contribution in [0.2, 0.25) is 0 Å². The molecule has 2 aromatic carbocycles. The Labute approximate surface area is 204 Å². The van der Waals surface area contributed by atoms with E-state index in [4.69, 9.17) is 0 Å². The summed E-state index contributed by atoms with van der Waals surface area (Å²) in [4.78, 5) is 28.9. The van der Waals surface area contributed by atoms with Gasteiger partial charge in [-0.25, -0.2) is 4.39 Å². The Balaban J connectivity index is 1.57. The monoisotopic (exact) mass is 469 g/mol. The molecule has 2 amide bonds. The number of hydrogen-bond acceptors (Lipinski definition) is 2. The molecule has 1 aliphatic heterocycles. The lowest BCUT2D eigenvalue weighted by Gasteiger charge is -2.40. The molecule has 1 N–H and O–H groups in total. The van der Waals surface area contributed by atoms with E-state index in [2.05, 4.69) is 28.2 Å². The number of likely N-dealkylation sites (N-methyl/N-ethyl adjacent to an activating group) is 1. The van der Waals surface area contributed by atoms with Gasteiger partial charge in [0.1, 0.15) is 5.82 Å². The predicted molar refractivity (Wildman–Crippen MR) is 134 cm³/mol. The normalized spacial score (nSPS) is 20.9. The van der Waals surface area contributed by atoms with Crippen molar-refractivity contribution in [3.63, 3.8) is 0 Å². The van der Waals surface area contributed by atoms with Gasteiger partial charge in [-0.2, -0.15) is 0 Å². The third kappa shape index (κ3) is 4.20. The number of benzene rings is 2. The van der Waals surface area contributed by atoms with Gasteiger partial charge in [-0.15, -0.1) is 0 Å². The zero-order valence-electron chi connectivity index (χ0n) is 19.9. The van der Waals surface area contributed by atoms with Gasteiger partial charge in [0.05, 0.1) is 12.0 Å². The zero-order valence-corrected chi connectivity index (χ0v) is 19.9. The highest BCUT2D eigenvalue weighted by Crippen LogP contribution is 2.44. The maximum atomic E-state index is 13.8. The van der Waals surface area contributed by atoms with E-state index < -0.39 is 12.0 Å². The number of aromatic nitrogens is 1. The van der Waals surface area contributed by atoms with Gasteiger partial charge in [0.25, 0.3) is 5.91 Å². The van der Waals surface area contributed by atoms with Crippen LogP contribution in [0.15, 0.2) is 73.0 Å². The van der Waals surface area contributed by atoms with Crippen molar-refractivity contribution in [1.29, 1.82) is 0 Å². The third-order valence-electron chi connectivity index (χ3n) is 6.99. The molecule has 6 heteroatoms. The number of carbonyl (C=O) groups excluding carboxylic acids is 2. The van der Waals surface area contributed by atoms with E-state index in [1.807, 2.05) is 37.4 Å². The van der Waals surface area contributed by atoms with Crippen LogP contribution in [0.1, 0.15) is 56.7 Å². The first-order valence-corrected chi connectivity index (χ1v) is 11.8. The number of carbonyl (C=O) groups is 2. The molecule has 1 aliphatic carbocycles. The van der Waals surface area contributed by atoms with E-state index in [0.29, 0.717) is 5.56 Å². The summed E-state index contributed by atoms with van der Waals surface area (Å²) < 4.78 is 15.4. The molecule has 0 fully saturated rings. The van der Waals surface area contributed by atoms with Crippen molar-refractivity contribution in [2.45, 2.75) is 31.3 Å². The van der Waals surface area contributed by atoms with Crippen LogP contribution in [-0.4, -0.2) is 28.3 Å². The summed E-state index contributed by atoms with van der Waals surface area (Å²) in [5, 5.41) is 3.04. The lowest BCUT2D eigenvalue weighted by atomic mass is 9.78. The second-order valence-electron chi connectivity index (χ2n) is 9.16. The minimum atomic E-state index is -0.578. The van der Waals surface area contributed by atoms with Crippen LogP contribution in [0.5, 0.6) is 0 Å². The minimum absolute atomic E-state index is 0.0907. The van der Waals surface area contributed by atoms with Crippen molar-refractivity contribution in [2.24, 2.45) is 7.05 Å². The summed E-state index contributed by atoms with van der Waals surface area (Å²) >= 11 is 0. The first-order chi connectivity index (χ1) is 17.0. The Kier molecular flexibility index (Phi) is 6.12. The molecule has 5 rings (SSSR count). The largest absolute Gasteiger partial charge is 0.351 e. The van der Waals surface area contributed by atoms with Gasteiger partial charge >= 0.3 is 0 Å². The van der Waals surface area contributed by atoms with Crippen molar-refractivity contribution in [2.75, 3.05) is 7.05 Å². The molecule has 0 saturated heterocycles. The van der Waals surface area contributed by atoms with Gasteiger partial charge in [0, 0.05) is 38.1 Å². The number of rotatable bonds is 4. The van der Waals surface area contributed by atoms with E-state index in [0.717, 1.165) is 40.8 Å². The molecule has 35 heavy (non-hydrogen) atoms. The minimum Gasteiger partial charge on any atom is -0.351 e. The third-order valence-corrected chi connectivity index (χ3v) is 6.99. The smallest absolute Gasteiger partial charge is 0.254 e. The molecule has 0 radical (unpaired) electrons. The van der Waals surface area contributed by atoms with Crippen LogP contribution >= 0.6 is 0 Å². The molecule has 178 valence electrons. The summed E-state index contributed by atoms with van der Waals surface area (Å²) in [6.45, 7) is 0.280. The number of amides is 2. The van der Waals surface area contributed by atoms with Crippen molar-refractivity contribution in [1.82, 2.24) is 14.8 Å². The van der Waals surface area contributed by atoms with E-state index >= 15 is 0 Å². The summed E-state index contributed by atoms with van der Waals surface area (Å²) in [5.41, 5.74) is 5.34. The van der Waals surface area contributed by atoms with Crippen LogP contribution in [0.3, 0.4) is 0 Å². The maximum Gasteiger partial charge on any atom is 0.254 e. The van der Waals surface area contributed by atoms with Crippen molar-refractivity contribution in [3.05, 3.63) is 112 Å². The molecular formula is C29H28FN3O2. The molecule has 0 spiro atoms. The fourth-order valence-corrected chi connectivity index (χ4v) is 5.26. The van der Waals surface area contributed by atoms with Gasteiger partial charge < -0.3 is 14.8 Å². The van der Waals surface area contributed by atoms with Gasteiger partial charge in [-0.1, -0.05) is 48.6 Å². The van der Waals surface area contributed by atoms with E-state index in [1.54, 1.807) is 30.1 Å². The van der Waals surface area contributed by atoms with Crippen LogP contribution in [0.4, 0.5) is 4.39 Å². The topological polar surface area (TPSA) is 54.3 Å². The number of hydrogen-bond donors (Lipinski definition) is 1.